The van der Waals surface area contributed by atoms with Crippen molar-refractivity contribution in [3.05, 3.63) is 59.1 Å². The van der Waals surface area contributed by atoms with Crippen LogP contribution in [0, 0.1) is 11.3 Å². The van der Waals surface area contributed by atoms with Gasteiger partial charge in [0, 0.05) is 10.6 Å². The molecule has 96 valence electrons. The first-order chi connectivity index (χ1) is 9.20. The lowest BCUT2D eigenvalue weighted by atomic mass is 10.0. The summed E-state index contributed by atoms with van der Waals surface area (Å²) >= 11 is 6.15. The number of aliphatic hydroxyl groups excluding tert-OH is 1. The van der Waals surface area contributed by atoms with E-state index in [1.54, 1.807) is 0 Å². The molecule has 3 heteroatoms. The van der Waals surface area contributed by atoms with E-state index in [1.165, 1.54) is 0 Å². The number of halogens is 1. The first-order valence-corrected chi connectivity index (χ1v) is 6.47. The van der Waals surface area contributed by atoms with Crippen molar-refractivity contribution < 1.29 is 5.11 Å². The quantitative estimate of drug-likeness (QED) is 0.919. The third-order valence-electron chi connectivity index (χ3n) is 2.94. The minimum absolute atomic E-state index is 0.159. The zero-order chi connectivity index (χ0) is 13.7. The van der Waals surface area contributed by atoms with Crippen LogP contribution in [0.4, 0.5) is 0 Å². The second-order valence-corrected chi connectivity index (χ2v) is 4.80. The molecular formula is C16H14ClNO. The molecule has 2 aromatic rings. The van der Waals surface area contributed by atoms with Crippen molar-refractivity contribution in [1.29, 1.82) is 5.26 Å². The van der Waals surface area contributed by atoms with Crippen molar-refractivity contribution in [1.82, 2.24) is 0 Å². The molecule has 0 saturated carbocycles. The first-order valence-electron chi connectivity index (χ1n) is 6.09. The molecule has 0 aliphatic heterocycles. The minimum atomic E-state index is -0.601. The Kier molecular flexibility index (Phi) is 4.57. The monoisotopic (exact) mass is 271 g/mol. The van der Waals surface area contributed by atoms with E-state index in [0.717, 1.165) is 21.7 Å². The maximum Gasteiger partial charge on any atom is 0.0710 e. The van der Waals surface area contributed by atoms with Crippen LogP contribution >= 0.6 is 11.6 Å². The molecule has 1 N–H and O–H groups in total. The third-order valence-corrected chi connectivity index (χ3v) is 3.27. The lowest BCUT2D eigenvalue weighted by Crippen LogP contribution is -2.08. The van der Waals surface area contributed by atoms with Crippen molar-refractivity contribution in [2.45, 2.75) is 18.9 Å². The Morgan fingerprint density at radius 2 is 1.79 bits per heavy atom. The molecule has 19 heavy (non-hydrogen) atoms. The van der Waals surface area contributed by atoms with E-state index in [1.807, 2.05) is 54.6 Å². The molecule has 0 saturated heterocycles. The summed E-state index contributed by atoms with van der Waals surface area (Å²) in [6.45, 7) is 0. The van der Waals surface area contributed by atoms with Crippen LogP contribution in [0.3, 0.4) is 0 Å². The van der Waals surface area contributed by atoms with Gasteiger partial charge in [-0.3, -0.25) is 0 Å². The van der Waals surface area contributed by atoms with E-state index < -0.39 is 6.10 Å². The van der Waals surface area contributed by atoms with E-state index >= 15 is 0 Å². The summed E-state index contributed by atoms with van der Waals surface area (Å²) in [5.74, 6) is 0. The van der Waals surface area contributed by atoms with Crippen LogP contribution in [0.25, 0.3) is 11.1 Å². The molecule has 0 unspecified atom stereocenters. The van der Waals surface area contributed by atoms with Crippen molar-refractivity contribution in [3.8, 4) is 17.2 Å². The predicted octanol–water partition coefficient (Wildman–Crippen LogP) is 3.82. The van der Waals surface area contributed by atoms with E-state index in [2.05, 4.69) is 0 Å². The maximum atomic E-state index is 9.59. The number of hydrogen-bond donors (Lipinski definition) is 1. The highest BCUT2D eigenvalue weighted by Gasteiger charge is 2.06. The molecule has 0 spiro atoms. The van der Waals surface area contributed by atoms with E-state index in [-0.39, 0.29) is 6.42 Å². The molecule has 0 aromatic heterocycles. The highest BCUT2D eigenvalue weighted by molar-refractivity contribution is 6.33. The van der Waals surface area contributed by atoms with Crippen LogP contribution in [0.2, 0.25) is 5.02 Å². The van der Waals surface area contributed by atoms with Gasteiger partial charge in [0.15, 0.2) is 0 Å². The van der Waals surface area contributed by atoms with Gasteiger partial charge < -0.3 is 5.11 Å². The summed E-state index contributed by atoms with van der Waals surface area (Å²) < 4.78 is 0. The zero-order valence-electron chi connectivity index (χ0n) is 10.4. The SMILES string of the molecule is N#CC[C@H](O)Cc1ccc(-c2ccccc2Cl)cc1. The molecule has 2 nitrogen and oxygen atoms in total. The fraction of sp³-hybridized carbons (Fsp3) is 0.188. The second kappa shape index (κ2) is 6.38. The smallest absolute Gasteiger partial charge is 0.0710 e. The van der Waals surface area contributed by atoms with Crippen LogP contribution in [0.15, 0.2) is 48.5 Å². The van der Waals surface area contributed by atoms with Gasteiger partial charge in [0.1, 0.15) is 0 Å². The second-order valence-electron chi connectivity index (χ2n) is 4.40. The van der Waals surface area contributed by atoms with Gasteiger partial charge in [-0.1, -0.05) is 54.1 Å². The lowest BCUT2D eigenvalue weighted by Gasteiger charge is -2.08. The maximum absolute atomic E-state index is 9.59. The Hall–Kier alpha value is -1.82. The molecule has 0 heterocycles. The van der Waals surface area contributed by atoms with Gasteiger partial charge in [-0.25, -0.2) is 0 Å². The van der Waals surface area contributed by atoms with Gasteiger partial charge in [0.05, 0.1) is 18.6 Å². The van der Waals surface area contributed by atoms with Crippen LogP contribution in [-0.4, -0.2) is 11.2 Å². The Bertz CT molecular complexity index is 586. The fourth-order valence-electron chi connectivity index (χ4n) is 1.97. The van der Waals surface area contributed by atoms with Crippen molar-refractivity contribution in [2.24, 2.45) is 0 Å². The molecular weight excluding hydrogens is 258 g/mol. The Labute approximate surface area is 117 Å². The van der Waals surface area contributed by atoms with E-state index in [9.17, 15) is 5.11 Å². The van der Waals surface area contributed by atoms with Gasteiger partial charge in [-0.15, -0.1) is 0 Å². The average Bonchev–Trinajstić information content (AvgIpc) is 2.41. The summed E-state index contributed by atoms with van der Waals surface area (Å²) in [6, 6.07) is 17.5. The van der Waals surface area contributed by atoms with Gasteiger partial charge in [0.2, 0.25) is 0 Å². The summed E-state index contributed by atoms with van der Waals surface area (Å²) in [5, 5.41) is 18.8. The van der Waals surface area contributed by atoms with Crippen LogP contribution in [-0.2, 0) is 6.42 Å². The Balaban J connectivity index is 2.15. The number of nitriles is 1. The van der Waals surface area contributed by atoms with Gasteiger partial charge in [0.25, 0.3) is 0 Å². The molecule has 0 fully saturated rings. The molecule has 2 aromatic carbocycles. The zero-order valence-corrected chi connectivity index (χ0v) is 11.1. The van der Waals surface area contributed by atoms with E-state index in [4.69, 9.17) is 16.9 Å². The minimum Gasteiger partial charge on any atom is -0.392 e. The molecule has 0 amide bonds. The van der Waals surface area contributed by atoms with Crippen molar-refractivity contribution >= 4 is 11.6 Å². The summed E-state index contributed by atoms with van der Waals surface area (Å²) in [4.78, 5) is 0. The van der Waals surface area contributed by atoms with Gasteiger partial charge in [-0.05, 0) is 23.6 Å². The number of hydrogen-bond acceptors (Lipinski definition) is 2. The van der Waals surface area contributed by atoms with Crippen LogP contribution < -0.4 is 0 Å². The number of aliphatic hydroxyl groups is 1. The van der Waals surface area contributed by atoms with E-state index in [0.29, 0.717) is 6.42 Å². The van der Waals surface area contributed by atoms with Gasteiger partial charge in [-0.2, -0.15) is 5.26 Å². The predicted molar refractivity (Wildman–Crippen MR) is 76.8 cm³/mol. The number of nitrogens with zero attached hydrogens (tertiary/aromatic N) is 1. The standard InChI is InChI=1S/C16H14ClNO/c17-16-4-2-1-3-15(16)13-7-5-12(6-8-13)11-14(19)9-10-18/h1-8,14,19H,9,11H2/t14-/m0/s1. The topological polar surface area (TPSA) is 44.0 Å². The molecule has 0 radical (unpaired) electrons. The Morgan fingerprint density at radius 1 is 1.11 bits per heavy atom. The highest BCUT2D eigenvalue weighted by atomic mass is 35.5. The number of rotatable bonds is 4. The molecule has 1 atom stereocenters. The summed E-state index contributed by atoms with van der Waals surface area (Å²) in [5.41, 5.74) is 3.05. The van der Waals surface area contributed by atoms with Crippen LogP contribution in [0.1, 0.15) is 12.0 Å². The largest absolute Gasteiger partial charge is 0.392 e. The summed E-state index contributed by atoms with van der Waals surface area (Å²) in [7, 11) is 0. The third kappa shape index (κ3) is 3.57. The average molecular weight is 272 g/mol. The summed E-state index contributed by atoms with van der Waals surface area (Å²) in [6.07, 6.45) is 0.0546. The Morgan fingerprint density at radius 3 is 2.42 bits per heavy atom. The lowest BCUT2D eigenvalue weighted by molar-refractivity contribution is 0.180. The van der Waals surface area contributed by atoms with Crippen molar-refractivity contribution in [2.75, 3.05) is 0 Å². The fourth-order valence-corrected chi connectivity index (χ4v) is 2.21. The van der Waals surface area contributed by atoms with Crippen LogP contribution in [0.5, 0.6) is 0 Å². The normalized spacial score (nSPS) is 11.8. The molecule has 0 aliphatic carbocycles. The molecule has 0 bridgehead atoms. The van der Waals surface area contributed by atoms with Gasteiger partial charge >= 0.3 is 0 Å². The molecule has 0 aliphatic rings. The van der Waals surface area contributed by atoms with Crippen molar-refractivity contribution in [3.63, 3.8) is 0 Å². The first kappa shape index (κ1) is 13.6. The molecule has 2 rings (SSSR count). The highest BCUT2D eigenvalue weighted by Crippen LogP contribution is 2.27. The number of benzene rings is 2.